The molecule has 0 aliphatic carbocycles. The Hall–Kier alpha value is -2.01. The van der Waals surface area contributed by atoms with Crippen LogP contribution in [0.4, 0.5) is 0 Å². The summed E-state index contributed by atoms with van der Waals surface area (Å²) < 4.78 is 10.9. The Labute approximate surface area is 143 Å². The summed E-state index contributed by atoms with van der Waals surface area (Å²) in [6, 6.07) is 3.70. The van der Waals surface area contributed by atoms with E-state index in [4.69, 9.17) is 14.6 Å². The van der Waals surface area contributed by atoms with E-state index in [0.717, 1.165) is 36.6 Å². The third-order valence-electron chi connectivity index (χ3n) is 4.44. The third kappa shape index (κ3) is 4.99. The van der Waals surface area contributed by atoms with Gasteiger partial charge in [-0.15, -0.1) is 0 Å². The minimum atomic E-state index is -0.955. The highest BCUT2D eigenvalue weighted by Gasteiger charge is 2.15. The van der Waals surface area contributed by atoms with Gasteiger partial charge in [-0.25, -0.2) is 4.79 Å². The number of rotatable bonds is 8. The standard InChI is InChI=1S/C19H27NO4/c1-23-17-10-8-15(9-11-18(21)22)16(19(17)24-2)7-6-14-20-12-4-3-5-13-20/h8-11H,3-7,12-14H2,1-2H3,(H,21,22)/b11-9+. The first-order chi connectivity index (χ1) is 11.7. The molecule has 0 spiro atoms. The van der Waals surface area contributed by atoms with E-state index in [0.29, 0.717) is 11.5 Å². The summed E-state index contributed by atoms with van der Waals surface area (Å²) in [6.07, 6.45) is 8.54. The normalized spacial score (nSPS) is 15.6. The van der Waals surface area contributed by atoms with Crippen molar-refractivity contribution < 1.29 is 19.4 Å². The van der Waals surface area contributed by atoms with Crippen molar-refractivity contribution >= 4 is 12.0 Å². The van der Waals surface area contributed by atoms with Gasteiger partial charge in [-0.1, -0.05) is 12.5 Å². The summed E-state index contributed by atoms with van der Waals surface area (Å²) in [7, 11) is 3.23. The molecule has 1 aliphatic heterocycles. The fraction of sp³-hybridized carbons (Fsp3) is 0.526. The molecule has 0 amide bonds. The van der Waals surface area contributed by atoms with Crippen LogP contribution in [0.5, 0.6) is 11.5 Å². The van der Waals surface area contributed by atoms with Crippen molar-refractivity contribution in [2.45, 2.75) is 32.1 Å². The topological polar surface area (TPSA) is 59.0 Å². The summed E-state index contributed by atoms with van der Waals surface area (Å²) in [6.45, 7) is 3.42. The fourth-order valence-electron chi connectivity index (χ4n) is 3.24. The molecule has 1 saturated heterocycles. The zero-order chi connectivity index (χ0) is 17.4. The van der Waals surface area contributed by atoms with Crippen LogP contribution in [0.2, 0.25) is 0 Å². The molecular weight excluding hydrogens is 306 g/mol. The van der Waals surface area contributed by atoms with Crippen LogP contribution in [0.25, 0.3) is 6.08 Å². The average Bonchev–Trinajstić information content (AvgIpc) is 2.60. The quantitative estimate of drug-likeness (QED) is 0.740. The number of carbonyl (C=O) groups is 1. The molecule has 0 saturated carbocycles. The van der Waals surface area contributed by atoms with Crippen LogP contribution in [-0.4, -0.2) is 49.8 Å². The Morgan fingerprint density at radius 2 is 1.96 bits per heavy atom. The van der Waals surface area contributed by atoms with E-state index >= 15 is 0 Å². The average molecular weight is 333 g/mol. The molecule has 1 aromatic rings. The van der Waals surface area contributed by atoms with Crippen LogP contribution >= 0.6 is 0 Å². The highest BCUT2D eigenvalue weighted by Crippen LogP contribution is 2.35. The lowest BCUT2D eigenvalue weighted by atomic mass is 9.99. The first-order valence-electron chi connectivity index (χ1n) is 8.53. The van der Waals surface area contributed by atoms with Crippen molar-refractivity contribution in [3.8, 4) is 11.5 Å². The highest BCUT2D eigenvalue weighted by molar-refractivity contribution is 5.86. The molecule has 132 valence electrons. The second-order valence-corrected chi connectivity index (χ2v) is 6.05. The van der Waals surface area contributed by atoms with Crippen molar-refractivity contribution in [3.63, 3.8) is 0 Å². The Morgan fingerprint density at radius 1 is 1.21 bits per heavy atom. The van der Waals surface area contributed by atoms with Crippen LogP contribution in [0.3, 0.4) is 0 Å². The van der Waals surface area contributed by atoms with Crippen LogP contribution in [0, 0.1) is 0 Å². The predicted octanol–water partition coefficient (Wildman–Crippen LogP) is 3.22. The molecule has 1 aliphatic rings. The summed E-state index contributed by atoms with van der Waals surface area (Å²) >= 11 is 0. The van der Waals surface area contributed by atoms with E-state index in [1.54, 1.807) is 20.3 Å². The van der Waals surface area contributed by atoms with Gasteiger partial charge < -0.3 is 19.5 Å². The van der Waals surface area contributed by atoms with Crippen molar-refractivity contribution in [2.24, 2.45) is 0 Å². The lowest BCUT2D eigenvalue weighted by molar-refractivity contribution is -0.131. The van der Waals surface area contributed by atoms with Crippen molar-refractivity contribution in [1.29, 1.82) is 0 Å². The largest absolute Gasteiger partial charge is 0.493 e. The first kappa shape index (κ1) is 18.3. The molecule has 5 nitrogen and oxygen atoms in total. The highest BCUT2D eigenvalue weighted by atomic mass is 16.5. The van der Waals surface area contributed by atoms with Gasteiger partial charge in [0.05, 0.1) is 14.2 Å². The van der Waals surface area contributed by atoms with Crippen molar-refractivity contribution in [1.82, 2.24) is 4.90 Å². The SMILES string of the molecule is COc1ccc(/C=C/C(=O)O)c(CCCN2CCCCC2)c1OC. The summed E-state index contributed by atoms with van der Waals surface area (Å²) in [4.78, 5) is 13.3. The number of carboxylic acid groups (broad SMARTS) is 1. The molecule has 5 heteroatoms. The number of nitrogens with zero attached hydrogens (tertiary/aromatic N) is 1. The minimum absolute atomic E-state index is 0.679. The molecule has 1 fully saturated rings. The van der Waals surface area contributed by atoms with E-state index in [1.165, 1.54) is 32.4 Å². The van der Waals surface area contributed by atoms with Gasteiger partial charge >= 0.3 is 5.97 Å². The molecule has 1 heterocycles. The fourth-order valence-corrected chi connectivity index (χ4v) is 3.24. The molecule has 0 atom stereocenters. The molecule has 1 aromatic carbocycles. The number of ether oxygens (including phenoxy) is 2. The lowest BCUT2D eigenvalue weighted by Crippen LogP contribution is -2.30. The van der Waals surface area contributed by atoms with Crippen LogP contribution in [0.15, 0.2) is 18.2 Å². The van der Waals surface area contributed by atoms with Gasteiger partial charge in [0.25, 0.3) is 0 Å². The summed E-state index contributed by atoms with van der Waals surface area (Å²) in [5.74, 6) is 0.422. The molecule has 0 unspecified atom stereocenters. The number of hydrogen-bond acceptors (Lipinski definition) is 4. The van der Waals surface area contributed by atoms with E-state index in [9.17, 15) is 4.79 Å². The minimum Gasteiger partial charge on any atom is -0.493 e. The number of carboxylic acids is 1. The zero-order valence-corrected chi connectivity index (χ0v) is 14.6. The third-order valence-corrected chi connectivity index (χ3v) is 4.44. The summed E-state index contributed by atoms with van der Waals surface area (Å²) in [5, 5.41) is 8.89. The van der Waals surface area contributed by atoms with E-state index in [-0.39, 0.29) is 0 Å². The molecule has 24 heavy (non-hydrogen) atoms. The second-order valence-electron chi connectivity index (χ2n) is 6.05. The van der Waals surface area contributed by atoms with E-state index in [2.05, 4.69) is 4.90 Å². The molecule has 0 bridgehead atoms. The number of aliphatic carboxylic acids is 1. The monoisotopic (exact) mass is 333 g/mol. The van der Waals surface area contributed by atoms with Gasteiger partial charge in [-0.3, -0.25) is 0 Å². The molecule has 0 radical (unpaired) electrons. The van der Waals surface area contributed by atoms with Gasteiger partial charge in [-0.2, -0.15) is 0 Å². The number of likely N-dealkylation sites (tertiary alicyclic amines) is 1. The lowest BCUT2D eigenvalue weighted by Gasteiger charge is -2.26. The number of methoxy groups -OCH3 is 2. The molecular formula is C19H27NO4. The molecule has 0 aromatic heterocycles. The molecule has 1 N–H and O–H groups in total. The van der Waals surface area contributed by atoms with Crippen molar-refractivity contribution in [2.75, 3.05) is 33.9 Å². The van der Waals surface area contributed by atoms with Crippen molar-refractivity contribution in [3.05, 3.63) is 29.3 Å². The van der Waals surface area contributed by atoms with E-state index in [1.807, 2.05) is 12.1 Å². The molecule has 2 rings (SSSR count). The van der Waals surface area contributed by atoms with Crippen LogP contribution < -0.4 is 9.47 Å². The van der Waals surface area contributed by atoms with Crippen LogP contribution in [-0.2, 0) is 11.2 Å². The Morgan fingerprint density at radius 3 is 2.58 bits per heavy atom. The maximum atomic E-state index is 10.8. The second kappa shape index (κ2) is 9.33. The number of piperidine rings is 1. The Bertz CT molecular complexity index is 577. The maximum absolute atomic E-state index is 10.8. The van der Waals surface area contributed by atoms with Gasteiger partial charge in [-0.05, 0) is 63.0 Å². The predicted molar refractivity (Wildman–Crippen MR) is 94.8 cm³/mol. The van der Waals surface area contributed by atoms with Gasteiger partial charge in [0.1, 0.15) is 0 Å². The van der Waals surface area contributed by atoms with Gasteiger partial charge in [0.15, 0.2) is 11.5 Å². The number of benzene rings is 1. The maximum Gasteiger partial charge on any atom is 0.328 e. The Balaban J connectivity index is 2.14. The zero-order valence-electron chi connectivity index (χ0n) is 14.6. The van der Waals surface area contributed by atoms with Gasteiger partial charge in [0.2, 0.25) is 0 Å². The van der Waals surface area contributed by atoms with Gasteiger partial charge in [0, 0.05) is 11.6 Å². The van der Waals surface area contributed by atoms with Crippen LogP contribution in [0.1, 0.15) is 36.8 Å². The van der Waals surface area contributed by atoms with E-state index < -0.39 is 5.97 Å². The Kier molecular flexibility index (Phi) is 7.12. The summed E-state index contributed by atoms with van der Waals surface area (Å²) in [5.41, 5.74) is 1.88. The smallest absolute Gasteiger partial charge is 0.328 e. The number of hydrogen-bond donors (Lipinski definition) is 1. The first-order valence-corrected chi connectivity index (χ1v) is 8.53.